The van der Waals surface area contributed by atoms with Crippen molar-refractivity contribution in [3.8, 4) is 11.5 Å². The molecular formula is C17H18N2O3S. The standard InChI is InChI=1S/C17H18N2O3S/c1-11-9-23-16(18-11)12-4-3-7-19(8-12)17(20)13-5-2-6-14-15(13)22-10-21-14/h2,5-6,9,12H,3-4,7-8,10H2,1H3/t12-/m1/s1. The molecule has 0 bridgehead atoms. The zero-order valence-corrected chi connectivity index (χ0v) is 13.8. The summed E-state index contributed by atoms with van der Waals surface area (Å²) < 4.78 is 10.8. The molecule has 1 saturated heterocycles. The number of hydrogen-bond acceptors (Lipinski definition) is 5. The molecule has 2 aliphatic rings. The van der Waals surface area contributed by atoms with Gasteiger partial charge in [0, 0.05) is 30.1 Å². The molecule has 0 N–H and O–H groups in total. The van der Waals surface area contributed by atoms with Crippen LogP contribution in [0.4, 0.5) is 0 Å². The van der Waals surface area contributed by atoms with E-state index in [9.17, 15) is 4.79 Å². The van der Waals surface area contributed by atoms with Crippen LogP contribution in [0.1, 0.15) is 39.8 Å². The second kappa shape index (κ2) is 5.85. The van der Waals surface area contributed by atoms with E-state index in [1.165, 1.54) is 0 Å². The highest BCUT2D eigenvalue weighted by atomic mass is 32.1. The summed E-state index contributed by atoms with van der Waals surface area (Å²) in [7, 11) is 0. The monoisotopic (exact) mass is 330 g/mol. The summed E-state index contributed by atoms with van der Waals surface area (Å²) in [4.78, 5) is 19.4. The molecule has 5 nitrogen and oxygen atoms in total. The number of benzene rings is 1. The minimum atomic E-state index is 0.0188. The average Bonchev–Trinajstić information content (AvgIpc) is 3.22. The molecule has 0 spiro atoms. The Bertz CT molecular complexity index is 743. The lowest BCUT2D eigenvalue weighted by molar-refractivity contribution is 0.0702. The summed E-state index contributed by atoms with van der Waals surface area (Å²) in [6.07, 6.45) is 2.09. The fourth-order valence-electron chi connectivity index (χ4n) is 3.19. The van der Waals surface area contributed by atoms with Crippen molar-refractivity contribution in [2.75, 3.05) is 19.9 Å². The third-order valence-electron chi connectivity index (χ3n) is 4.32. The highest BCUT2D eigenvalue weighted by Gasteiger charge is 2.30. The lowest BCUT2D eigenvalue weighted by atomic mass is 9.98. The van der Waals surface area contributed by atoms with Crippen LogP contribution in [0.15, 0.2) is 23.6 Å². The van der Waals surface area contributed by atoms with Gasteiger partial charge in [-0.05, 0) is 31.9 Å². The summed E-state index contributed by atoms with van der Waals surface area (Å²) in [5.41, 5.74) is 1.65. The highest BCUT2D eigenvalue weighted by molar-refractivity contribution is 7.09. The summed E-state index contributed by atoms with van der Waals surface area (Å²) >= 11 is 1.69. The molecule has 0 saturated carbocycles. The number of ether oxygens (including phenoxy) is 2. The van der Waals surface area contributed by atoms with Gasteiger partial charge in [0.05, 0.1) is 10.6 Å². The van der Waals surface area contributed by atoms with E-state index in [1.54, 1.807) is 11.3 Å². The zero-order valence-electron chi connectivity index (χ0n) is 12.9. The number of aromatic nitrogens is 1. The van der Waals surface area contributed by atoms with Crippen LogP contribution in [-0.2, 0) is 0 Å². The van der Waals surface area contributed by atoms with E-state index in [0.717, 1.165) is 36.6 Å². The molecular weight excluding hydrogens is 312 g/mol. The average molecular weight is 330 g/mol. The predicted molar refractivity (Wildman–Crippen MR) is 87.3 cm³/mol. The summed E-state index contributed by atoms with van der Waals surface area (Å²) in [6.45, 7) is 3.69. The van der Waals surface area contributed by atoms with Crippen molar-refractivity contribution in [1.82, 2.24) is 9.88 Å². The van der Waals surface area contributed by atoms with Gasteiger partial charge in [-0.3, -0.25) is 4.79 Å². The normalized spacial score (nSPS) is 19.9. The van der Waals surface area contributed by atoms with Crippen molar-refractivity contribution < 1.29 is 14.3 Å². The fraction of sp³-hybridized carbons (Fsp3) is 0.412. The van der Waals surface area contributed by atoms with Crippen molar-refractivity contribution in [2.24, 2.45) is 0 Å². The van der Waals surface area contributed by atoms with Crippen LogP contribution >= 0.6 is 11.3 Å². The molecule has 1 aromatic heterocycles. The molecule has 1 fully saturated rings. The lowest BCUT2D eigenvalue weighted by Gasteiger charge is -2.32. The van der Waals surface area contributed by atoms with Crippen LogP contribution in [-0.4, -0.2) is 35.7 Å². The summed E-state index contributed by atoms with van der Waals surface area (Å²) in [5.74, 6) is 1.58. The van der Waals surface area contributed by atoms with Crippen LogP contribution in [0.2, 0.25) is 0 Å². The van der Waals surface area contributed by atoms with Crippen molar-refractivity contribution in [3.05, 3.63) is 39.8 Å². The quantitative estimate of drug-likeness (QED) is 0.848. The number of likely N-dealkylation sites (tertiary alicyclic amines) is 1. The SMILES string of the molecule is Cc1csc([C@@H]2CCCN(C(=O)c3cccc4c3OCO4)C2)n1. The van der Waals surface area contributed by atoms with E-state index < -0.39 is 0 Å². The van der Waals surface area contributed by atoms with Gasteiger partial charge in [-0.2, -0.15) is 0 Å². The summed E-state index contributed by atoms with van der Waals surface area (Å²) in [6, 6.07) is 5.48. The first-order valence-corrected chi connectivity index (χ1v) is 8.70. The van der Waals surface area contributed by atoms with Crippen molar-refractivity contribution >= 4 is 17.2 Å². The first-order chi connectivity index (χ1) is 11.2. The predicted octanol–water partition coefficient (Wildman–Crippen LogP) is 3.20. The van der Waals surface area contributed by atoms with Gasteiger partial charge in [-0.15, -0.1) is 11.3 Å². The second-order valence-electron chi connectivity index (χ2n) is 5.96. The third kappa shape index (κ3) is 2.67. The van der Waals surface area contributed by atoms with Gasteiger partial charge < -0.3 is 14.4 Å². The molecule has 120 valence electrons. The number of para-hydroxylation sites is 1. The van der Waals surface area contributed by atoms with Gasteiger partial charge in [-0.1, -0.05) is 6.07 Å². The number of rotatable bonds is 2. The molecule has 2 aromatic rings. The second-order valence-corrected chi connectivity index (χ2v) is 6.85. The topological polar surface area (TPSA) is 51.7 Å². The van der Waals surface area contributed by atoms with E-state index in [4.69, 9.17) is 9.47 Å². The number of nitrogens with zero attached hydrogens (tertiary/aromatic N) is 2. The minimum absolute atomic E-state index is 0.0188. The van der Waals surface area contributed by atoms with Gasteiger partial charge in [0.15, 0.2) is 11.5 Å². The fourth-order valence-corrected chi connectivity index (χ4v) is 4.12. The largest absolute Gasteiger partial charge is 0.454 e. The van der Waals surface area contributed by atoms with Crippen LogP contribution in [0.5, 0.6) is 11.5 Å². The Hall–Kier alpha value is -2.08. The van der Waals surface area contributed by atoms with Crippen molar-refractivity contribution in [1.29, 1.82) is 0 Å². The van der Waals surface area contributed by atoms with E-state index in [0.29, 0.717) is 23.0 Å². The Morgan fingerprint density at radius 1 is 1.39 bits per heavy atom. The molecule has 1 amide bonds. The van der Waals surface area contributed by atoms with Crippen LogP contribution < -0.4 is 9.47 Å². The van der Waals surface area contributed by atoms with E-state index in [-0.39, 0.29) is 12.7 Å². The molecule has 0 radical (unpaired) electrons. The maximum absolute atomic E-state index is 12.9. The minimum Gasteiger partial charge on any atom is -0.454 e. The number of fused-ring (bicyclic) bond motifs is 1. The van der Waals surface area contributed by atoms with Gasteiger partial charge in [0.25, 0.3) is 5.91 Å². The van der Waals surface area contributed by atoms with Gasteiger partial charge in [0.1, 0.15) is 0 Å². The Morgan fingerprint density at radius 2 is 2.30 bits per heavy atom. The lowest BCUT2D eigenvalue weighted by Crippen LogP contribution is -2.39. The Labute approximate surface area is 138 Å². The Balaban J connectivity index is 1.56. The van der Waals surface area contributed by atoms with E-state index in [1.807, 2.05) is 30.0 Å². The van der Waals surface area contributed by atoms with Gasteiger partial charge in [0.2, 0.25) is 6.79 Å². The number of aryl methyl sites for hydroxylation is 1. The molecule has 4 rings (SSSR count). The number of carbonyl (C=O) groups is 1. The van der Waals surface area contributed by atoms with Crippen LogP contribution in [0.25, 0.3) is 0 Å². The van der Waals surface area contributed by atoms with Gasteiger partial charge >= 0.3 is 0 Å². The first-order valence-electron chi connectivity index (χ1n) is 7.82. The molecule has 6 heteroatoms. The summed E-state index contributed by atoms with van der Waals surface area (Å²) in [5, 5.41) is 3.21. The number of hydrogen-bond donors (Lipinski definition) is 0. The number of amides is 1. The number of carbonyl (C=O) groups excluding carboxylic acids is 1. The zero-order chi connectivity index (χ0) is 15.8. The smallest absolute Gasteiger partial charge is 0.257 e. The number of thiazole rings is 1. The van der Waals surface area contributed by atoms with E-state index in [2.05, 4.69) is 10.4 Å². The molecule has 0 aliphatic carbocycles. The van der Waals surface area contributed by atoms with Crippen LogP contribution in [0, 0.1) is 6.92 Å². The Morgan fingerprint density at radius 3 is 3.13 bits per heavy atom. The maximum atomic E-state index is 12.9. The molecule has 1 atom stereocenters. The van der Waals surface area contributed by atoms with Crippen LogP contribution in [0.3, 0.4) is 0 Å². The van der Waals surface area contributed by atoms with Crippen molar-refractivity contribution in [3.63, 3.8) is 0 Å². The number of piperidine rings is 1. The Kier molecular flexibility index (Phi) is 3.69. The first kappa shape index (κ1) is 14.5. The molecule has 1 aromatic carbocycles. The maximum Gasteiger partial charge on any atom is 0.257 e. The molecule has 23 heavy (non-hydrogen) atoms. The van der Waals surface area contributed by atoms with Crippen molar-refractivity contribution in [2.45, 2.75) is 25.7 Å². The molecule has 0 unspecified atom stereocenters. The highest BCUT2D eigenvalue weighted by Crippen LogP contribution is 2.37. The molecule has 2 aliphatic heterocycles. The molecule has 3 heterocycles. The van der Waals surface area contributed by atoms with Gasteiger partial charge in [-0.25, -0.2) is 4.98 Å². The van der Waals surface area contributed by atoms with E-state index >= 15 is 0 Å². The third-order valence-corrected chi connectivity index (χ3v) is 5.45.